The average molecular weight is 777 g/mol. The first-order valence-electron chi connectivity index (χ1n) is 21.2. The van der Waals surface area contributed by atoms with Gasteiger partial charge in [-0.1, -0.05) is 159 Å². The predicted molar refractivity (Wildman–Crippen MR) is 253 cm³/mol. The third kappa shape index (κ3) is 4.28. The van der Waals surface area contributed by atoms with E-state index in [1.54, 1.807) is 0 Å². The zero-order valence-electron chi connectivity index (χ0n) is 33.6. The zero-order chi connectivity index (χ0) is 40.1. The van der Waals surface area contributed by atoms with Crippen molar-refractivity contribution in [2.24, 2.45) is 0 Å². The minimum Gasteiger partial charge on any atom is -0.308 e. The van der Waals surface area contributed by atoms with E-state index in [1.807, 2.05) is 0 Å². The number of nitrogens with zero attached hydrogens (tertiary/aromatic N) is 4. The van der Waals surface area contributed by atoms with E-state index < -0.39 is 0 Å². The van der Waals surface area contributed by atoms with Gasteiger partial charge >= 0.3 is 0 Å². The maximum absolute atomic E-state index is 5.74. The molecule has 9 aromatic carbocycles. The Kier molecular flexibility index (Phi) is 6.33. The highest BCUT2D eigenvalue weighted by atomic mass is 15.1. The Hall–Kier alpha value is -7.82. The second-order valence-electron chi connectivity index (χ2n) is 17.3. The summed E-state index contributed by atoms with van der Waals surface area (Å²) in [5, 5.41) is 7.04. The molecule has 0 unspecified atom stereocenters. The summed E-state index contributed by atoms with van der Waals surface area (Å²) < 4.78 is 4.90. The number of fused-ring (bicyclic) bond motifs is 17. The van der Waals surface area contributed by atoms with Crippen molar-refractivity contribution in [1.82, 2.24) is 19.1 Å². The molecule has 0 saturated carbocycles. The van der Waals surface area contributed by atoms with Crippen LogP contribution in [0.1, 0.15) is 25.0 Å². The van der Waals surface area contributed by atoms with Crippen LogP contribution in [-0.4, -0.2) is 19.1 Å². The molecule has 12 aromatic rings. The number of hydrogen-bond donors (Lipinski definition) is 0. The lowest BCUT2D eigenvalue weighted by Crippen LogP contribution is -2.15. The number of para-hydroxylation sites is 3. The zero-order valence-corrected chi connectivity index (χ0v) is 33.6. The SMILES string of the molecule is CC1(C)c2ccccc2-c2ccc(-c3nc4ccc5ccccc5c4nc3-n3c4ccccc4c4cc5c(cc43)c3cccc4c3n5-c3ccccc3-c3ccccc3-4)cc21. The first kappa shape index (κ1) is 33.1. The first-order chi connectivity index (χ1) is 30.0. The van der Waals surface area contributed by atoms with Crippen molar-refractivity contribution in [2.45, 2.75) is 19.3 Å². The van der Waals surface area contributed by atoms with Crippen molar-refractivity contribution in [3.63, 3.8) is 0 Å². The fourth-order valence-corrected chi connectivity index (χ4v) is 11.1. The van der Waals surface area contributed by atoms with Crippen LogP contribution in [-0.2, 0) is 5.41 Å². The summed E-state index contributed by atoms with van der Waals surface area (Å²) in [5.41, 5.74) is 19.6. The van der Waals surface area contributed by atoms with E-state index in [-0.39, 0.29) is 5.41 Å². The predicted octanol–water partition coefficient (Wildman–Crippen LogP) is 14.6. The van der Waals surface area contributed by atoms with E-state index in [0.717, 1.165) is 49.9 Å². The van der Waals surface area contributed by atoms with Crippen LogP contribution in [0.5, 0.6) is 0 Å². The molecule has 4 heteroatoms. The molecule has 0 amide bonds. The number of hydrogen-bond acceptors (Lipinski definition) is 2. The van der Waals surface area contributed by atoms with E-state index in [0.29, 0.717) is 0 Å². The van der Waals surface area contributed by atoms with Gasteiger partial charge in [-0.15, -0.1) is 0 Å². The summed E-state index contributed by atoms with van der Waals surface area (Å²) in [4.78, 5) is 11.3. The van der Waals surface area contributed by atoms with E-state index >= 15 is 0 Å². The lowest BCUT2D eigenvalue weighted by molar-refractivity contribution is 0.660. The molecule has 0 bridgehead atoms. The van der Waals surface area contributed by atoms with Crippen molar-refractivity contribution < 1.29 is 0 Å². The number of rotatable bonds is 2. The summed E-state index contributed by atoms with van der Waals surface area (Å²) >= 11 is 0. The second kappa shape index (κ2) is 11.7. The van der Waals surface area contributed by atoms with Gasteiger partial charge in [-0.05, 0) is 75.2 Å². The molecule has 3 aromatic heterocycles. The van der Waals surface area contributed by atoms with E-state index in [2.05, 4.69) is 205 Å². The summed E-state index contributed by atoms with van der Waals surface area (Å²) in [6.45, 7) is 4.69. The molecule has 1 aliphatic heterocycles. The maximum atomic E-state index is 5.74. The van der Waals surface area contributed by atoms with Crippen LogP contribution in [0.25, 0.3) is 122 Å². The van der Waals surface area contributed by atoms with E-state index in [4.69, 9.17) is 9.97 Å². The van der Waals surface area contributed by atoms with Crippen LogP contribution in [0, 0.1) is 0 Å². The van der Waals surface area contributed by atoms with Crippen molar-refractivity contribution in [1.29, 1.82) is 0 Å². The molecular formula is C57H36N4. The molecule has 4 nitrogen and oxygen atoms in total. The minimum atomic E-state index is -0.157. The third-order valence-electron chi connectivity index (χ3n) is 13.8. The molecule has 0 radical (unpaired) electrons. The Balaban J connectivity index is 1.12. The second-order valence-corrected chi connectivity index (χ2v) is 17.3. The monoisotopic (exact) mass is 776 g/mol. The molecule has 0 N–H and O–H groups in total. The summed E-state index contributed by atoms with van der Waals surface area (Å²) in [5.74, 6) is 0.826. The van der Waals surface area contributed by atoms with Crippen LogP contribution in [0.15, 0.2) is 182 Å². The quantitative estimate of drug-likeness (QED) is 0.164. The molecule has 4 heterocycles. The lowest BCUT2D eigenvalue weighted by atomic mass is 9.82. The van der Waals surface area contributed by atoms with E-state index in [9.17, 15) is 0 Å². The van der Waals surface area contributed by atoms with Crippen LogP contribution in [0.2, 0.25) is 0 Å². The summed E-state index contributed by atoms with van der Waals surface area (Å²) in [7, 11) is 0. The molecule has 0 atom stereocenters. The molecule has 0 fully saturated rings. The van der Waals surface area contributed by atoms with Gasteiger partial charge in [-0.3, -0.25) is 4.57 Å². The van der Waals surface area contributed by atoms with Gasteiger partial charge in [-0.25, -0.2) is 9.97 Å². The molecule has 0 saturated heterocycles. The van der Waals surface area contributed by atoms with Crippen LogP contribution in [0.3, 0.4) is 0 Å². The fraction of sp³-hybridized carbons (Fsp3) is 0.0526. The minimum absolute atomic E-state index is 0.157. The Labute approximate surface area is 351 Å². The highest BCUT2D eigenvalue weighted by Crippen LogP contribution is 2.51. The molecule has 284 valence electrons. The van der Waals surface area contributed by atoms with Gasteiger partial charge in [0.15, 0.2) is 5.82 Å². The molecule has 61 heavy (non-hydrogen) atoms. The van der Waals surface area contributed by atoms with Crippen LogP contribution >= 0.6 is 0 Å². The molecule has 14 rings (SSSR count). The first-order valence-corrected chi connectivity index (χ1v) is 21.2. The van der Waals surface area contributed by atoms with Crippen molar-refractivity contribution in [2.75, 3.05) is 0 Å². The van der Waals surface area contributed by atoms with Crippen LogP contribution in [0.4, 0.5) is 0 Å². The number of aromatic nitrogens is 4. The largest absolute Gasteiger partial charge is 0.308 e. The summed E-state index contributed by atoms with van der Waals surface area (Å²) in [6.07, 6.45) is 0. The highest BCUT2D eigenvalue weighted by Gasteiger charge is 2.36. The van der Waals surface area contributed by atoms with Gasteiger partial charge < -0.3 is 4.57 Å². The summed E-state index contributed by atoms with van der Waals surface area (Å²) in [6, 6.07) is 66.8. The van der Waals surface area contributed by atoms with Crippen molar-refractivity contribution in [3.8, 4) is 56.1 Å². The van der Waals surface area contributed by atoms with Crippen LogP contribution < -0.4 is 0 Å². The smallest absolute Gasteiger partial charge is 0.165 e. The van der Waals surface area contributed by atoms with Gasteiger partial charge in [0.2, 0.25) is 0 Å². The van der Waals surface area contributed by atoms with Gasteiger partial charge in [0.1, 0.15) is 5.69 Å². The third-order valence-corrected chi connectivity index (χ3v) is 13.8. The van der Waals surface area contributed by atoms with Crippen molar-refractivity contribution in [3.05, 3.63) is 193 Å². The van der Waals surface area contributed by atoms with Crippen molar-refractivity contribution >= 4 is 65.4 Å². The average Bonchev–Trinajstić information content (AvgIpc) is 3.86. The molecule has 1 aliphatic carbocycles. The van der Waals surface area contributed by atoms with E-state index in [1.165, 1.54) is 82.8 Å². The fourth-order valence-electron chi connectivity index (χ4n) is 11.1. The van der Waals surface area contributed by atoms with Gasteiger partial charge in [0, 0.05) is 49.0 Å². The Morgan fingerprint density at radius 2 is 1.05 bits per heavy atom. The van der Waals surface area contributed by atoms with Gasteiger partial charge in [0.05, 0.1) is 38.8 Å². The highest BCUT2D eigenvalue weighted by molar-refractivity contribution is 6.22. The standard InChI is InChI=1S/C57H36N4/c1-57(2)46-23-10-7-18-38(46)39-28-26-34(30-47(39)57)53-56(59-54-35-15-4-3-14-33(35)27-29-48(54)58-53)61-50-25-12-9-20-41(50)44-31-51-45(32-52(44)61)43-22-13-21-42-37-17-6-5-16-36(37)40-19-8-11-24-49(40)60(51)55(42)43/h3-32H,1-2H3. The normalized spacial score (nSPS) is 13.5. The molecular weight excluding hydrogens is 741 g/mol. The lowest BCUT2D eigenvalue weighted by Gasteiger charge is -2.22. The van der Waals surface area contributed by atoms with Gasteiger partial charge in [0.25, 0.3) is 0 Å². The Bertz CT molecular complexity index is 3920. The molecule has 2 aliphatic rings. The maximum Gasteiger partial charge on any atom is 0.165 e. The van der Waals surface area contributed by atoms with Gasteiger partial charge in [-0.2, -0.15) is 0 Å². The Morgan fingerprint density at radius 3 is 1.92 bits per heavy atom. The topological polar surface area (TPSA) is 35.6 Å². The number of benzene rings is 9. The molecule has 0 spiro atoms. The Morgan fingerprint density at radius 1 is 0.410 bits per heavy atom.